The van der Waals surface area contributed by atoms with Crippen molar-refractivity contribution in [3.8, 4) is 0 Å². The molecule has 2 rings (SSSR count). The Kier molecular flexibility index (Phi) is 4.95. The fourth-order valence-electron chi connectivity index (χ4n) is 2.67. The molecule has 2 aliphatic rings. The van der Waals surface area contributed by atoms with Gasteiger partial charge in [-0.25, -0.2) is 0 Å². The highest BCUT2D eigenvalue weighted by Gasteiger charge is 2.26. The molecule has 0 aromatic carbocycles. The normalized spacial score (nSPS) is 28.5. The van der Waals surface area contributed by atoms with Crippen LogP contribution < -0.4 is 0 Å². The number of hydrogen-bond acceptors (Lipinski definition) is 4. The van der Waals surface area contributed by atoms with Crippen LogP contribution in [-0.4, -0.2) is 68.1 Å². The lowest BCUT2D eigenvalue weighted by Crippen LogP contribution is -2.49. The van der Waals surface area contributed by atoms with Gasteiger partial charge in [-0.05, 0) is 13.0 Å². The number of ether oxygens (including phenoxy) is 1. The number of carbonyl (C=O) groups is 1. The van der Waals surface area contributed by atoms with Crippen LogP contribution in [0.4, 0.5) is 0 Å². The van der Waals surface area contributed by atoms with Crippen molar-refractivity contribution in [3.63, 3.8) is 0 Å². The van der Waals surface area contributed by atoms with Crippen LogP contribution >= 0.6 is 0 Å². The van der Waals surface area contributed by atoms with Gasteiger partial charge in [0.2, 0.25) is 0 Å². The van der Waals surface area contributed by atoms with Gasteiger partial charge in [-0.3, -0.25) is 9.69 Å². The third kappa shape index (κ3) is 3.76. The lowest BCUT2D eigenvalue weighted by atomic mass is 10.00. The van der Waals surface area contributed by atoms with Gasteiger partial charge < -0.3 is 9.64 Å². The second kappa shape index (κ2) is 6.47. The Hall–Kier alpha value is -0.450. The van der Waals surface area contributed by atoms with Crippen molar-refractivity contribution in [2.24, 2.45) is 5.92 Å². The first-order valence-corrected chi connectivity index (χ1v) is 6.84. The van der Waals surface area contributed by atoms with Crippen molar-refractivity contribution in [3.05, 3.63) is 0 Å². The van der Waals surface area contributed by atoms with Crippen molar-refractivity contribution in [1.29, 1.82) is 0 Å². The zero-order valence-corrected chi connectivity index (χ0v) is 10.9. The number of nitrogens with zero attached hydrogens (tertiary/aromatic N) is 2. The minimum atomic E-state index is 0.126. The van der Waals surface area contributed by atoms with E-state index in [1.54, 1.807) is 0 Å². The van der Waals surface area contributed by atoms with Crippen molar-refractivity contribution in [1.82, 2.24) is 9.80 Å². The minimum absolute atomic E-state index is 0.126. The number of carbonyl (C=O) groups excluding carboxylic acids is 1. The fourth-order valence-corrected chi connectivity index (χ4v) is 2.67. The van der Waals surface area contributed by atoms with Crippen LogP contribution in [0.5, 0.6) is 0 Å². The Morgan fingerprint density at radius 2 is 1.94 bits per heavy atom. The average molecular weight is 240 g/mol. The van der Waals surface area contributed by atoms with E-state index >= 15 is 0 Å². The highest BCUT2D eigenvalue weighted by molar-refractivity contribution is 5.82. The van der Waals surface area contributed by atoms with Crippen LogP contribution in [0.15, 0.2) is 0 Å². The van der Waals surface area contributed by atoms with Crippen molar-refractivity contribution in [2.75, 3.05) is 52.5 Å². The third-order valence-electron chi connectivity index (χ3n) is 3.75. The number of piperazine rings is 1. The van der Waals surface area contributed by atoms with Crippen LogP contribution in [0.25, 0.3) is 0 Å². The van der Waals surface area contributed by atoms with Gasteiger partial charge in [0.1, 0.15) is 5.78 Å². The molecule has 1 unspecified atom stereocenters. The lowest BCUT2D eigenvalue weighted by Gasteiger charge is -2.36. The Morgan fingerprint density at radius 3 is 2.59 bits per heavy atom. The zero-order chi connectivity index (χ0) is 12.1. The molecule has 4 nitrogen and oxygen atoms in total. The highest BCUT2D eigenvalue weighted by atomic mass is 16.5. The molecule has 0 aromatic heterocycles. The third-order valence-corrected chi connectivity index (χ3v) is 3.75. The van der Waals surface area contributed by atoms with Crippen LogP contribution in [0.3, 0.4) is 0 Å². The maximum absolute atomic E-state index is 11.7. The van der Waals surface area contributed by atoms with Gasteiger partial charge in [-0.2, -0.15) is 0 Å². The van der Waals surface area contributed by atoms with Crippen molar-refractivity contribution >= 4 is 5.78 Å². The predicted molar refractivity (Wildman–Crippen MR) is 67.1 cm³/mol. The smallest absolute Gasteiger partial charge is 0.141 e. The Morgan fingerprint density at radius 1 is 1.24 bits per heavy atom. The molecule has 0 bridgehead atoms. The van der Waals surface area contributed by atoms with E-state index in [0.29, 0.717) is 25.4 Å². The predicted octanol–water partition coefficient (Wildman–Crippen LogP) is 0.620. The molecule has 1 atom stereocenters. The molecule has 2 fully saturated rings. The summed E-state index contributed by atoms with van der Waals surface area (Å²) in [4.78, 5) is 16.6. The van der Waals surface area contributed by atoms with E-state index in [9.17, 15) is 4.79 Å². The minimum Gasteiger partial charge on any atom is -0.380 e. The summed E-state index contributed by atoms with van der Waals surface area (Å²) in [6.45, 7) is 10.1. The fraction of sp³-hybridized carbons (Fsp3) is 0.923. The van der Waals surface area contributed by atoms with Gasteiger partial charge in [0, 0.05) is 39.1 Å². The zero-order valence-electron chi connectivity index (χ0n) is 10.9. The maximum atomic E-state index is 11.7. The van der Waals surface area contributed by atoms with Crippen LogP contribution in [0.2, 0.25) is 0 Å². The van der Waals surface area contributed by atoms with E-state index in [-0.39, 0.29) is 5.92 Å². The largest absolute Gasteiger partial charge is 0.380 e. The quantitative estimate of drug-likeness (QED) is 0.721. The summed E-state index contributed by atoms with van der Waals surface area (Å²) in [7, 11) is 0. The monoisotopic (exact) mass is 240 g/mol. The SMILES string of the molecule is CCCN1CCN(CC2COCCC2=O)CC1. The Bertz CT molecular complexity index is 250. The molecule has 0 spiro atoms. The van der Waals surface area contributed by atoms with Gasteiger partial charge in [0.05, 0.1) is 19.1 Å². The van der Waals surface area contributed by atoms with E-state index in [0.717, 1.165) is 32.7 Å². The summed E-state index contributed by atoms with van der Waals surface area (Å²) >= 11 is 0. The Labute approximate surface area is 104 Å². The van der Waals surface area contributed by atoms with Crippen LogP contribution in [0, 0.1) is 5.92 Å². The van der Waals surface area contributed by atoms with E-state index < -0.39 is 0 Å². The van der Waals surface area contributed by atoms with Crippen LogP contribution in [-0.2, 0) is 9.53 Å². The topological polar surface area (TPSA) is 32.8 Å². The number of rotatable bonds is 4. The number of hydrogen-bond donors (Lipinski definition) is 0. The molecule has 0 radical (unpaired) electrons. The van der Waals surface area contributed by atoms with Gasteiger partial charge >= 0.3 is 0 Å². The number of ketones is 1. The van der Waals surface area contributed by atoms with E-state index in [2.05, 4.69) is 16.7 Å². The molecule has 2 aliphatic heterocycles. The summed E-state index contributed by atoms with van der Waals surface area (Å²) in [6.07, 6.45) is 1.84. The molecule has 0 amide bonds. The van der Waals surface area contributed by atoms with Gasteiger partial charge in [-0.1, -0.05) is 6.92 Å². The standard InChI is InChI=1S/C13H24N2O2/c1-2-4-14-5-7-15(8-6-14)10-12-11-17-9-3-13(12)16/h12H,2-11H2,1H3. The summed E-state index contributed by atoms with van der Waals surface area (Å²) in [5.74, 6) is 0.522. The van der Waals surface area contributed by atoms with Crippen molar-refractivity contribution < 1.29 is 9.53 Å². The summed E-state index contributed by atoms with van der Waals surface area (Å²) < 4.78 is 5.40. The molecular formula is C13H24N2O2. The first-order chi connectivity index (χ1) is 8.29. The molecule has 98 valence electrons. The first-order valence-electron chi connectivity index (χ1n) is 6.84. The van der Waals surface area contributed by atoms with Gasteiger partial charge in [0.25, 0.3) is 0 Å². The first kappa shape index (κ1) is 13.0. The number of Topliss-reactive ketones (excluding diaryl/α,β-unsaturated/α-hetero) is 1. The molecular weight excluding hydrogens is 216 g/mol. The summed E-state index contributed by atoms with van der Waals surface area (Å²) in [5.41, 5.74) is 0. The van der Waals surface area contributed by atoms with E-state index in [1.165, 1.54) is 13.0 Å². The Balaban J connectivity index is 1.72. The molecule has 17 heavy (non-hydrogen) atoms. The molecule has 2 saturated heterocycles. The second-order valence-corrected chi connectivity index (χ2v) is 5.13. The van der Waals surface area contributed by atoms with E-state index in [4.69, 9.17) is 4.74 Å². The molecule has 0 saturated carbocycles. The average Bonchev–Trinajstić information content (AvgIpc) is 2.35. The second-order valence-electron chi connectivity index (χ2n) is 5.13. The summed E-state index contributed by atoms with van der Waals surface area (Å²) in [5, 5.41) is 0. The van der Waals surface area contributed by atoms with Gasteiger partial charge in [0.15, 0.2) is 0 Å². The summed E-state index contributed by atoms with van der Waals surface area (Å²) in [6, 6.07) is 0. The highest BCUT2D eigenvalue weighted by Crippen LogP contribution is 2.13. The van der Waals surface area contributed by atoms with E-state index in [1.807, 2.05) is 0 Å². The maximum Gasteiger partial charge on any atom is 0.141 e. The van der Waals surface area contributed by atoms with Gasteiger partial charge in [-0.15, -0.1) is 0 Å². The molecule has 0 N–H and O–H groups in total. The molecule has 2 heterocycles. The molecule has 4 heteroatoms. The van der Waals surface area contributed by atoms with Crippen LogP contribution in [0.1, 0.15) is 19.8 Å². The molecule has 0 aromatic rings. The van der Waals surface area contributed by atoms with Crippen molar-refractivity contribution in [2.45, 2.75) is 19.8 Å². The lowest BCUT2D eigenvalue weighted by molar-refractivity contribution is -0.131. The molecule has 0 aliphatic carbocycles.